The molecule has 0 unspecified atom stereocenters. The summed E-state index contributed by atoms with van der Waals surface area (Å²) in [6.45, 7) is 0. The second kappa shape index (κ2) is 4.16. The molecule has 1 nitrogen and oxygen atoms in total. The smallest absolute Gasteiger partial charge is 0.163 e. The predicted molar refractivity (Wildman–Crippen MR) is 49.7 cm³/mol. The van der Waals surface area contributed by atoms with Crippen LogP contribution in [0.5, 0.6) is 0 Å². The maximum Gasteiger partial charge on any atom is 0.163 e. The number of hydrogen-bond acceptors (Lipinski definition) is 2. The van der Waals surface area contributed by atoms with Gasteiger partial charge in [-0.3, -0.25) is 0 Å². The maximum absolute atomic E-state index is 13.0. The van der Waals surface area contributed by atoms with E-state index < -0.39 is 0 Å². The van der Waals surface area contributed by atoms with Gasteiger partial charge in [0.25, 0.3) is 0 Å². The average molecular weight is 184 g/mol. The Morgan fingerprint density at radius 3 is 2.75 bits per heavy atom. The van der Waals surface area contributed by atoms with E-state index in [1.807, 2.05) is 0 Å². The van der Waals surface area contributed by atoms with E-state index in [9.17, 15) is 4.39 Å². The van der Waals surface area contributed by atoms with Crippen LogP contribution < -0.4 is 0 Å². The zero-order valence-corrected chi connectivity index (χ0v) is 7.53. The normalized spacial score (nSPS) is 9.50. The number of halogens is 1. The van der Waals surface area contributed by atoms with Gasteiger partial charge in [0.2, 0.25) is 0 Å². The summed E-state index contributed by atoms with van der Waals surface area (Å²) in [5.74, 6) is -0.239. The summed E-state index contributed by atoms with van der Waals surface area (Å²) < 4.78 is 17.7. The highest BCUT2D eigenvalue weighted by Crippen LogP contribution is 2.07. The van der Waals surface area contributed by atoms with E-state index in [0.717, 1.165) is 0 Å². The fraction of sp³-hybridized carbons (Fsp3) is 0.222. The van der Waals surface area contributed by atoms with E-state index in [0.29, 0.717) is 17.0 Å². The van der Waals surface area contributed by atoms with Crippen molar-refractivity contribution in [3.8, 4) is 0 Å². The summed E-state index contributed by atoms with van der Waals surface area (Å²) >= 11 is 4.81. The molecule has 1 rings (SSSR count). The van der Waals surface area contributed by atoms with Gasteiger partial charge in [-0.05, 0) is 23.8 Å². The molecule has 12 heavy (non-hydrogen) atoms. The summed E-state index contributed by atoms with van der Waals surface area (Å²) in [6, 6.07) is 6.53. The molecule has 0 aliphatic rings. The van der Waals surface area contributed by atoms with Crippen molar-refractivity contribution >= 4 is 17.3 Å². The Kier molecular flexibility index (Phi) is 3.17. The van der Waals surface area contributed by atoms with E-state index in [-0.39, 0.29) is 5.82 Å². The van der Waals surface area contributed by atoms with Crippen LogP contribution >= 0.6 is 12.2 Å². The van der Waals surface area contributed by atoms with Gasteiger partial charge >= 0.3 is 0 Å². The Bertz CT molecular complexity index is 286. The van der Waals surface area contributed by atoms with E-state index in [4.69, 9.17) is 17.0 Å². The van der Waals surface area contributed by atoms with Gasteiger partial charge in [0, 0.05) is 6.42 Å². The van der Waals surface area contributed by atoms with Crippen molar-refractivity contribution in [3.63, 3.8) is 0 Å². The number of ether oxygens (including phenoxy) is 1. The van der Waals surface area contributed by atoms with E-state index in [1.165, 1.54) is 13.2 Å². The van der Waals surface area contributed by atoms with Crippen molar-refractivity contribution in [1.82, 2.24) is 0 Å². The Labute approximate surface area is 76.2 Å². The molecule has 0 spiro atoms. The molecule has 64 valence electrons. The van der Waals surface area contributed by atoms with Crippen LogP contribution in [0.3, 0.4) is 0 Å². The first-order valence-corrected chi connectivity index (χ1v) is 3.95. The number of rotatable bonds is 2. The van der Waals surface area contributed by atoms with Gasteiger partial charge in [0.15, 0.2) is 5.05 Å². The summed E-state index contributed by atoms with van der Waals surface area (Å²) in [4.78, 5) is 0. The van der Waals surface area contributed by atoms with Gasteiger partial charge in [-0.2, -0.15) is 0 Å². The third-order valence-electron chi connectivity index (χ3n) is 1.52. The van der Waals surface area contributed by atoms with Crippen LogP contribution in [0, 0.1) is 5.82 Å². The molecule has 0 radical (unpaired) electrons. The van der Waals surface area contributed by atoms with Crippen LogP contribution in [0.4, 0.5) is 4.39 Å². The molecule has 0 atom stereocenters. The summed E-state index contributed by atoms with van der Waals surface area (Å²) in [5.41, 5.74) is 0.573. The van der Waals surface area contributed by atoms with Gasteiger partial charge in [-0.25, -0.2) is 4.39 Å². The first kappa shape index (κ1) is 9.13. The number of methoxy groups -OCH3 is 1. The van der Waals surface area contributed by atoms with E-state index in [2.05, 4.69) is 0 Å². The highest BCUT2D eigenvalue weighted by Gasteiger charge is 2.03. The average Bonchev–Trinajstić information content (AvgIpc) is 2.09. The zero-order chi connectivity index (χ0) is 8.97. The molecule has 0 amide bonds. The molecule has 0 saturated carbocycles. The van der Waals surface area contributed by atoms with Crippen LogP contribution in [0.25, 0.3) is 0 Å². The monoisotopic (exact) mass is 184 g/mol. The molecule has 1 aromatic rings. The maximum atomic E-state index is 13.0. The lowest BCUT2D eigenvalue weighted by atomic mass is 10.1. The number of hydrogen-bond donors (Lipinski definition) is 0. The third kappa shape index (κ3) is 2.27. The fourth-order valence-corrected chi connectivity index (χ4v) is 1.02. The lowest BCUT2D eigenvalue weighted by Gasteiger charge is -2.02. The van der Waals surface area contributed by atoms with Crippen molar-refractivity contribution in [2.75, 3.05) is 7.11 Å². The highest BCUT2D eigenvalue weighted by atomic mass is 32.1. The molecule has 0 aliphatic heterocycles. The Morgan fingerprint density at radius 2 is 2.17 bits per heavy atom. The van der Waals surface area contributed by atoms with Crippen LogP contribution in [-0.2, 0) is 11.2 Å². The Balaban J connectivity index is 2.75. The van der Waals surface area contributed by atoms with Crippen LogP contribution in [0.1, 0.15) is 5.56 Å². The molecule has 0 fully saturated rings. The third-order valence-corrected chi connectivity index (χ3v) is 1.83. The van der Waals surface area contributed by atoms with Crippen molar-refractivity contribution in [2.24, 2.45) is 0 Å². The van der Waals surface area contributed by atoms with Crippen molar-refractivity contribution in [1.29, 1.82) is 0 Å². The topological polar surface area (TPSA) is 9.23 Å². The van der Waals surface area contributed by atoms with Crippen molar-refractivity contribution < 1.29 is 9.13 Å². The highest BCUT2D eigenvalue weighted by molar-refractivity contribution is 7.80. The summed E-state index contributed by atoms with van der Waals surface area (Å²) in [6.07, 6.45) is 0.360. The minimum absolute atomic E-state index is 0.239. The zero-order valence-electron chi connectivity index (χ0n) is 6.71. The quantitative estimate of drug-likeness (QED) is 0.652. The van der Waals surface area contributed by atoms with Crippen LogP contribution in [0.15, 0.2) is 24.3 Å². The van der Waals surface area contributed by atoms with E-state index in [1.54, 1.807) is 18.2 Å². The molecular formula is C9H9FOS. The second-order valence-electron chi connectivity index (χ2n) is 2.34. The molecule has 3 heteroatoms. The van der Waals surface area contributed by atoms with Gasteiger partial charge in [-0.15, -0.1) is 0 Å². The number of thiocarbonyl (C=S) groups is 1. The molecule has 1 aromatic carbocycles. The Morgan fingerprint density at radius 1 is 1.50 bits per heavy atom. The molecule has 0 heterocycles. The first-order chi connectivity index (χ1) is 5.74. The van der Waals surface area contributed by atoms with Crippen molar-refractivity contribution in [3.05, 3.63) is 35.6 Å². The second-order valence-corrected chi connectivity index (χ2v) is 2.80. The standard InChI is InChI=1S/C9H9FOS/c1-11-9(12)6-7-4-2-3-5-8(7)10/h2-5H,6H2,1H3. The molecule has 0 bridgehead atoms. The minimum Gasteiger partial charge on any atom is -0.490 e. The largest absolute Gasteiger partial charge is 0.490 e. The van der Waals surface area contributed by atoms with E-state index >= 15 is 0 Å². The van der Waals surface area contributed by atoms with Gasteiger partial charge in [0.05, 0.1) is 7.11 Å². The fourth-order valence-electron chi connectivity index (χ4n) is 0.869. The Hall–Kier alpha value is -0.960. The molecule has 0 saturated heterocycles. The van der Waals surface area contributed by atoms with Gasteiger partial charge in [-0.1, -0.05) is 18.2 Å². The molecule has 0 aliphatic carbocycles. The van der Waals surface area contributed by atoms with Crippen LogP contribution in [0.2, 0.25) is 0 Å². The SMILES string of the molecule is COC(=S)Cc1ccccc1F. The predicted octanol–water partition coefficient (Wildman–Crippen LogP) is 2.34. The first-order valence-electron chi connectivity index (χ1n) is 3.54. The van der Waals surface area contributed by atoms with Gasteiger partial charge < -0.3 is 4.74 Å². The summed E-state index contributed by atoms with van der Waals surface area (Å²) in [7, 11) is 1.49. The molecule has 0 aromatic heterocycles. The van der Waals surface area contributed by atoms with Crippen LogP contribution in [-0.4, -0.2) is 12.2 Å². The minimum atomic E-state index is -0.239. The molecular weight excluding hydrogens is 175 g/mol. The van der Waals surface area contributed by atoms with Crippen molar-refractivity contribution in [2.45, 2.75) is 6.42 Å². The number of benzene rings is 1. The molecule has 0 N–H and O–H groups in total. The van der Waals surface area contributed by atoms with Gasteiger partial charge in [0.1, 0.15) is 5.82 Å². The lowest BCUT2D eigenvalue weighted by molar-refractivity contribution is 0.405. The lowest BCUT2D eigenvalue weighted by Crippen LogP contribution is -2.03. The summed E-state index contributed by atoms with van der Waals surface area (Å²) in [5, 5.41) is 0.403.